The van der Waals surface area contributed by atoms with E-state index in [0.717, 1.165) is 0 Å². The van der Waals surface area contributed by atoms with Gasteiger partial charge in [0, 0.05) is 0 Å². The molecule has 0 aromatic carbocycles. The molecule has 0 aliphatic carbocycles. The lowest BCUT2D eigenvalue weighted by Crippen LogP contribution is -2.05. The zero-order valence-electron chi connectivity index (χ0n) is 5.13. The molecule has 0 saturated carbocycles. The molecule has 4 heteroatoms. The van der Waals surface area contributed by atoms with Crippen molar-refractivity contribution < 1.29 is 0 Å². The van der Waals surface area contributed by atoms with Gasteiger partial charge in [-0.2, -0.15) is 0 Å². The van der Waals surface area contributed by atoms with Gasteiger partial charge in [0.25, 0.3) is 0 Å². The van der Waals surface area contributed by atoms with E-state index in [-0.39, 0.29) is 5.84 Å². The summed E-state index contributed by atoms with van der Waals surface area (Å²) in [5.41, 5.74) is 5.19. The standard InChI is InChI=1S/C5H8ClN3/c1-3-5(7)9-8-4(2)6/h3H,1H2,2H3,(H2,7,9)/b8-4+. The maximum Gasteiger partial charge on any atom is 0.145 e. The van der Waals surface area contributed by atoms with Crippen molar-refractivity contribution in [3.8, 4) is 0 Å². The molecule has 0 radical (unpaired) electrons. The molecule has 0 heterocycles. The van der Waals surface area contributed by atoms with Crippen LogP contribution in [0.15, 0.2) is 22.9 Å². The first kappa shape index (κ1) is 8.17. The van der Waals surface area contributed by atoms with Crippen LogP contribution in [0, 0.1) is 0 Å². The van der Waals surface area contributed by atoms with Gasteiger partial charge in [-0.05, 0) is 13.0 Å². The fourth-order valence-electron chi connectivity index (χ4n) is 0.167. The van der Waals surface area contributed by atoms with E-state index < -0.39 is 0 Å². The van der Waals surface area contributed by atoms with Crippen LogP contribution in [0.2, 0.25) is 0 Å². The highest BCUT2D eigenvalue weighted by Gasteiger charge is 1.79. The molecule has 2 N–H and O–H groups in total. The molecule has 0 rings (SSSR count). The van der Waals surface area contributed by atoms with Crippen LogP contribution in [0.4, 0.5) is 0 Å². The summed E-state index contributed by atoms with van der Waals surface area (Å²) in [7, 11) is 0. The molecule has 0 spiro atoms. The number of rotatable bonds is 2. The molecule has 0 bridgehead atoms. The maximum atomic E-state index is 5.33. The molecule has 0 aromatic heterocycles. The minimum atomic E-state index is 0.259. The van der Waals surface area contributed by atoms with Crippen molar-refractivity contribution in [2.45, 2.75) is 6.92 Å². The molecule has 0 atom stereocenters. The summed E-state index contributed by atoms with van der Waals surface area (Å²) in [6.07, 6.45) is 1.39. The van der Waals surface area contributed by atoms with Crippen LogP contribution in [0.25, 0.3) is 0 Å². The van der Waals surface area contributed by atoms with Gasteiger partial charge in [0.15, 0.2) is 0 Å². The molecule has 0 unspecified atom stereocenters. The molecule has 9 heavy (non-hydrogen) atoms. The van der Waals surface area contributed by atoms with E-state index in [1.54, 1.807) is 6.92 Å². The fourth-order valence-corrected chi connectivity index (χ4v) is 0.205. The highest BCUT2D eigenvalue weighted by Crippen LogP contribution is 1.83. The lowest BCUT2D eigenvalue weighted by Gasteiger charge is -1.83. The molecule has 50 valence electrons. The van der Waals surface area contributed by atoms with Crippen LogP contribution in [0.1, 0.15) is 6.92 Å². The van der Waals surface area contributed by atoms with Crippen LogP contribution in [-0.2, 0) is 0 Å². The second kappa shape index (κ2) is 4.09. The number of amidine groups is 1. The number of nitrogens with zero attached hydrogens (tertiary/aromatic N) is 2. The first-order valence-corrected chi connectivity index (χ1v) is 2.70. The van der Waals surface area contributed by atoms with E-state index in [2.05, 4.69) is 16.8 Å². The van der Waals surface area contributed by atoms with Gasteiger partial charge in [-0.3, -0.25) is 0 Å². The van der Waals surface area contributed by atoms with E-state index in [9.17, 15) is 0 Å². The Morgan fingerprint density at radius 1 is 1.67 bits per heavy atom. The highest BCUT2D eigenvalue weighted by atomic mass is 35.5. The predicted octanol–water partition coefficient (Wildman–Crippen LogP) is 1.10. The molecule has 0 saturated heterocycles. The first-order chi connectivity index (χ1) is 4.16. The average Bonchev–Trinajstić information content (AvgIpc) is 1.83. The Morgan fingerprint density at radius 2 is 2.22 bits per heavy atom. The van der Waals surface area contributed by atoms with Gasteiger partial charge < -0.3 is 5.73 Å². The summed E-state index contributed by atoms with van der Waals surface area (Å²) in [5.74, 6) is 0.259. The third-order valence-electron chi connectivity index (χ3n) is 0.512. The Hall–Kier alpha value is -0.830. The average molecular weight is 146 g/mol. The third kappa shape index (κ3) is 5.03. The van der Waals surface area contributed by atoms with Gasteiger partial charge >= 0.3 is 0 Å². The molecule has 0 fully saturated rings. The molecular weight excluding hydrogens is 138 g/mol. The van der Waals surface area contributed by atoms with Crippen molar-refractivity contribution in [1.29, 1.82) is 0 Å². The zero-order valence-corrected chi connectivity index (χ0v) is 5.89. The molecule has 0 aliphatic heterocycles. The van der Waals surface area contributed by atoms with Crippen molar-refractivity contribution in [2.75, 3.05) is 0 Å². The van der Waals surface area contributed by atoms with Gasteiger partial charge in [0.1, 0.15) is 11.0 Å². The zero-order chi connectivity index (χ0) is 7.28. The summed E-state index contributed by atoms with van der Waals surface area (Å²) in [4.78, 5) is 0. The SMILES string of the molecule is C=C/C(N)=N\N=C(/C)Cl. The van der Waals surface area contributed by atoms with E-state index in [0.29, 0.717) is 5.17 Å². The van der Waals surface area contributed by atoms with Gasteiger partial charge in [-0.15, -0.1) is 10.2 Å². The Labute approximate surface area is 58.9 Å². The van der Waals surface area contributed by atoms with Gasteiger partial charge in [-0.1, -0.05) is 18.2 Å². The van der Waals surface area contributed by atoms with Crippen molar-refractivity contribution in [2.24, 2.45) is 15.9 Å². The number of hydrogen-bond donors (Lipinski definition) is 1. The fraction of sp³-hybridized carbons (Fsp3) is 0.200. The van der Waals surface area contributed by atoms with Crippen LogP contribution >= 0.6 is 11.6 Å². The van der Waals surface area contributed by atoms with E-state index >= 15 is 0 Å². The van der Waals surface area contributed by atoms with Crippen LogP contribution < -0.4 is 5.73 Å². The van der Waals surface area contributed by atoms with Gasteiger partial charge in [0.2, 0.25) is 0 Å². The Morgan fingerprint density at radius 3 is 2.56 bits per heavy atom. The number of hydrogen-bond acceptors (Lipinski definition) is 2. The second-order valence-electron chi connectivity index (χ2n) is 1.33. The Bertz CT molecular complexity index is 156. The minimum Gasteiger partial charge on any atom is -0.382 e. The largest absolute Gasteiger partial charge is 0.382 e. The molecule has 0 amide bonds. The van der Waals surface area contributed by atoms with Crippen molar-refractivity contribution in [3.05, 3.63) is 12.7 Å². The Kier molecular flexibility index (Phi) is 3.71. The normalized spacial score (nSPS) is 13.6. The first-order valence-electron chi connectivity index (χ1n) is 2.32. The Balaban J connectivity index is 3.98. The predicted molar refractivity (Wildman–Crippen MR) is 40.8 cm³/mol. The maximum absolute atomic E-state index is 5.33. The van der Waals surface area contributed by atoms with Crippen LogP contribution in [0.3, 0.4) is 0 Å². The van der Waals surface area contributed by atoms with E-state index in [1.165, 1.54) is 6.08 Å². The lowest BCUT2D eigenvalue weighted by atomic mass is 10.6. The topological polar surface area (TPSA) is 50.7 Å². The summed E-state index contributed by atoms with van der Waals surface area (Å²) < 4.78 is 0. The van der Waals surface area contributed by atoms with Gasteiger partial charge in [-0.25, -0.2) is 0 Å². The molecule has 0 aromatic rings. The molecule has 0 aliphatic rings. The summed E-state index contributed by atoms with van der Waals surface area (Å²) in [6, 6.07) is 0. The summed E-state index contributed by atoms with van der Waals surface area (Å²) in [5, 5.41) is 7.29. The monoisotopic (exact) mass is 145 g/mol. The second-order valence-corrected chi connectivity index (χ2v) is 1.87. The van der Waals surface area contributed by atoms with Crippen molar-refractivity contribution in [3.63, 3.8) is 0 Å². The quantitative estimate of drug-likeness (QED) is 0.353. The van der Waals surface area contributed by atoms with E-state index in [1.807, 2.05) is 0 Å². The third-order valence-corrected chi connectivity index (χ3v) is 0.588. The van der Waals surface area contributed by atoms with Crippen molar-refractivity contribution >= 4 is 22.6 Å². The van der Waals surface area contributed by atoms with Crippen molar-refractivity contribution in [1.82, 2.24) is 0 Å². The lowest BCUT2D eigenvalue weighted by molar-refractivity contribution is 1.23. The van der Waals surface area contributed by atoms with Gasteiger partial charge in [0.05, 0.1) is 0 Å². The molecule has 3 nitrogen and oxygen atoms in total. The minimum absolute atomic E-state index is 0.259. The molecular formula is C5H8ClN3. The van der Waals surface area contributed by atoms with Crippen LogP contribution in [0.5, 0.6) is 0 Å². The smallest absolute Gasteiger partial charge is 0.145 e. The summed E-state index contributed by atoms with van der Waals surface area (Å²) >= 11 is 5.33. The van der Waals surface area contributed by atoms with E-state index in [4.69, 9.17) is 17.3 Å². The summed E-state index contributed by atoms with van der Waals surface area (Å²) in [6.45, 7) is 4.98. The van der Waals surface area contributed by atoms with Crippen LogP contribution in [-0.4, -0.2) is 11.0 Å². The number of halogens is 1. The highest BCUT2D eigenvalue weighted by molar-refractivity contribution is 6.64. The number of nitrogens with two attached hydrogens (primary N) is 1.